The molecular weight excluding hydrogens is 242 g/mol. The monoisotopic (exact) mass is 264 g/mol. The molecule has 0 N–H and O–H groups in total. The van der Waals surface area contributed by atoms with Gasteiger partial charge in [-0.25, -0.2) is 0 Å². The Bertz CT molecular complexity index is 594. The van der Waals surface area contributed by atoms with Gasteiger partial charge in [0.15, 0.2) is 0 Å². The van der Waals surface area contributed by atoms with Gasteiger partial charge in [0.1, 0.15) is 0 Å². The maximum Gasteiger partial charge on any atom is 0.0450 e. The van der Waals surface area contributed by atoms with Crippen LogP contribution in [0.3, 0.4) is 0 Å². The lowest BCUT2D eigenvalue weighted by Gasteiger charge is -2.24. The number of nitrogens with zero attached hydrogens (tertiary/aromatic N) is 1. The van der Waals surface area contributed by atoms with Gasteiger partial charge in [0.05, 0.1) is 0 Å². The average molecular weight is 264 g/mol. The lowest BCUT2D eigenvalue weighted by Crippen LogP contribution is -2.24. The average Bonchev–Trinajstić information content (AvgIpc) is 2.84. The number of rotatable bonds is 5. The summed E-state index contributed by atoms with van der Waals surface area (Å²) in [5.74, 6) is 0. The van der Waals surface area contributed by atoms with Crippen molar-refractivity contribution in [2.24, 2.45) is 0 Å². The first kappa shape index (κ1) is 13.2. The normalized spacial score (nSPS) is 12.1. The van der Waals surface area contributed by atoms with Gasteiger partial charge in [0.2, 0.25) is 0 Å². The molecule has 0 unspecified atom stereocenters. The second-order valence-electron chi connectivity index (χ2n) is 5.56. The van der Waals surface area contributed by atoms with Gasteiger partial charge in [0, 0.05) is 24.8 Å². The summed E-state index contributed by atoms with van der Waals surface area (Å²) < 4.78 is 0. The van der Waals surface area contributed by atoms with Crippen LogP contribution < -0.4 is 4.90 Å². The first-order chi connectivity index (χ1) is 9.83. The Balaban J connectivity index is 1.93. The summed E-state index contributed by atoms with van der Waals surface area (Å²) in [6, 6.07) is 16.9. The van der Waals surface area contributed by atoms with E-state index in [1.807, 2.05) is 0 Å². The lowest BCUT2D eigenvalue weighted by atomic mass is 10.1. The minimum absolute atomic E-state index is 1.03. The molecule has 0 saturated heterocycles. The van der Waals surface area contributed by atoms with Crippen LogP contribution in [0, 0.1) is 6.07 Å². The summed E-state index contributed by atoms with van der Waals surface area (Å²) >= 11 is 0. The van der Waals surface area contributed by atoms with Crippen LogP contribution in [0.1, 0.15) is 37.8 Å². The van der Waals surface area contributed by atoms with Crippen molar-refractivity contribution in [2.45, 2.75) is 33.1 Å². The highest BCUT2D eigenvalue weighted by Gasteiger charge is 2.19. The molecule has 103 valence electrons. The molecule has 0 spiro atoms. The summed E-state index contributed by atoms with van der Waals surface area (Å²) in [4.78, 5) is 2.46. The van der Waals surface area contributed by atoms with E-state index < -0.39 is 0 Å². The van der Waals surface area contributed by atoms with E-state index in [0.717, 1.165) is 19.5 Å². The van der Waals surface area contributed by atoms with Crippen LogP contribution in [0.5, 0.6) is 0 Å². The van der Waals surface area contributed by atoms with E-state index >= 15 is 0 Å². The maximum absolute atomic E-state index is 3.67. The molecule has 0 atom stereocenters. The molecule has 0 bridgehead atoms. The molecule has 3 rings (SSSR count). The van der Waals surface area contributed by atoms with Crippen LogP contribution in [0.2, 0.25) is 0 Å². The van der Waals surface area contributed by atoms with Crippen molar-refractivity contribution in [1.29, 1.82) is 0 Å². The third-order valence-corrected chi connectivity index (χ3v) is 4.01. The molecule has 0 saturated carbocycles. The van der Waals surface area contributed by atoms with Crippen molar-refractivity contribution >= 4 is 5.69 Å². The molecule has 0 amide bonds. The Hall–Kier alpha value is -1.76. The molecule has 1 heteroatoms. The highest BCUT2D eigenvalue weighted by atomic mass is 15.1. The van der Waals surface area contributed by atoms with Gasteiger partial charge in [0.25, 0.3) is 0 Å². The van der Waals surface area contributed by atoms with E-state index in [1.54, 1.807) is 0 Å². The number of anilines is 1. The Kier molecular flexibility index (Phi) is 3.77. The quantitative estimate of drug-likeness (QED) is 0.646. The Morgan fingerprint density at radius 1 is 0.950 bits per heavy atom. The molecule has 2 aromatic rings. The zero-order valence-electron chi connectivity index (χ0n) is 12.4. The van der Waals surface area contributed by atoms with Gasteiger partial charge in [-0.3, -0.25) is 0 Å². The van der Waals surface area contributed by atoms with Crippen LogP contribution in [-0.2, 0) is 6.42 Å². The zero-order valence-corrected chi connectivity index (χ0v) is 12.4. The van der Waals surface area contributed by atoms with Gasteiger partial charge < -0.3 is 4.90 Å². The van der Waals surface area contributed by atoms with Gasteiger partial charge in [-0.05, 0) is 47.6 Å². The smallest absolute Gasteiger partial charge is 0.0450 e. The predicted octanol–water partition coefficient (Wildman–Crippen LogP) is 4.68. The molecule has 1 aliphatic rings. The molecule has 0 fully saturated rings. The minimum atomic E-state index is 1.03. The molecule has 20 heavy (non-hydrogen) atoms. The van der Waals surface area contributed by atoms with E-state index in [-0.39, 0.29) is 0 Å². The highest BCUT2D eigenvalue weighted by Crippen LogP contribution is 2.37. The summed E-state index contributed by atoms with van der Waals surface area (Å²) in [6.45, 7) is 6.73. The second kappa shape index (κ2) is 5.70. The fourth-order valence-electron chi connectivity index (χ4n) is 3.12. The first-order valence-corrected chi connectivity index (χ1v) is 7.72. The van der Waals surface area contributed by atoms with E-state index in [9.17, 15) is 0 Å². The van der Waals surface area contributed by atoms with Crippen LogP contribution >= 0.6 is 0 Å². The topological polar surface area (TPSA) is 3.24 Å². The standard InChI is InChI=1S/C19H22N/c1-3-11-20(12-4-2)17-9-10-19-16(14-17)13-15-7-5-6-8-18(15)19/h5-10H,3-4,11-13H2,1-2H3. The first-order valence-electron chi connectivity index (χ1n) is 7.72. The third-order valence-electron chi connectivity index (χ3n) is 4.01. The Labute approximate surface area is 122 Å². The van der Waals surface area contributed by atoms with Crippen molar-refractivity contribution in [3.8, 4) is 11.1 Å². The second-order valence-corrected chi connectivity index (χ2v) is 5.56. The van der Waals surface area contributed by atoms with Crippen molar-refractivity contribution in [2.75, 3.05) is 18.0 Å². The molecule has 0 aliphatic heterocycles. The van der Waals surface area contributed by atoms with E-state index in [4.69, 9.17) is 0 Å². The highest BCUT2D eigenvalue weighted by molar-refractivity contribution is 5.78. The molecular formula is C19H22N. The van der Waals surface area contributed by atoms with Crippen LogP contribution in [-0.4, -0.2) is 13.1 Å². The van der Waals surface area contributed by atoms with Crippen molar-refractivity contribution < 1.29 is 0 Å². The summed E-state index contributed by atoms with van der Waals surface area (Å²) in [5.41, 5.74) is 6.83. The summed E-state index contributed by atoms with van der Waals surface area (Å²) in [6.07, 6.45) is 3.40. The predicted molar refractivity (Wildman–Crippen MR) is 86.3 cm³/mol. The molecule has 0 heterocycles. The largest absolute Gasteiger partial charge is 0.371 e. The number of hydrogen-bond acceptors (Lipinski definition) is 1. The van der Waals surface area contributed by atoms with Crippen molar-refractivity contribution in [3.63, 3.8) is 0 Å². The Morgan fingerprint density at radius 2 is 1.70 bits per heavy atom. The van der Waals surface area contributed by atoms with Gasteiger partial charge >= 0.3 is 0 Å². The minimum Gasteiger partial charge on any atom is -0.371 e. The molecule has 2 aromatic carbocycles. The van der Waals surface area contributed by atoms with Gasteiger partial charge in [-0.1, -0.05) is 44.2 Å². The maximum atomic E-state index is 3.67. The fraction of sp³-hybridized carbons (Fsp3) is 0.368. The Morgan fingerprint density at radius 3 is 2.45 bits per heavy atom. The summed E-state index contributed by atoms with van der Waals surface area (Å²) in [7, 11) is 0. The van der Waals surface area contributed by atoms with Gasteiger partial charge in [-0.15, -0.1) is 0 Å². The van der Waals surface area contributed by atoms with Gasteiger partial charge in [-0.2, -0.15) is 0 Å². The number of hydrogen-bond donors (Lipinski definition) is 0. The zero-order chi connectivity index (χ0) is 13.9. The van der Waals surface area contributed by atoms with Crippen LogP contribution in [0.25, 0.3) is 11.1 Å². The van der Waals surface area contributed by atoms with Crippen molar-refractivity contribution in [3.05, 3.63) is 53.6 Å². The lowest BCUT2D eigenvalue weighted by molar-refractivity contribution is 0.744. The van der Waals surface area contributed by atoms with E-state index in [2.05, 4.69) is 61.2 Å². The van der Waals surface area contributed by atoms with Crippen molar-refractivity contribution in [1.82, 2.24) is 0 Å². The summed E-state index contributed by atoms with van der Waals surface area (Å²) in [5, 5.41) is 0. The molecule has 1 nitrogen and oxygen atoms in total. The van der Waals surface area contributed by atoms with Crippen LogP contribution in [0.15, 0.2) is 36.4 Å². The molecule has 1 radical (unpaired) electrons. The molecule has 0 aromatic heterocycles. The van der Waals surface area contributed by atoms with Crippen LogP contribution in [0.4, 0.5) is 5.69 Å². The third kappa shape index (κ3) is 2.33. The number of fused-ring (bicyclic) bond motifs is 3. The van der Waals surface area contributed by atoms with E-state index in [1.165, 1.54) is 40.8 Å². The van der Waals surface area contributed by atoms with E-state index in [0.29, 0.717) is 0 Å². The molecule has 1 aliphatic carbocycles. The fourth-order valence-corrected chi connectivity index (χ4v) is 3.12. The SMILES string of the molecule is CCCN(CCC)c1[c]c2c(cc1)-c1ccccc1C2. The number of benzene rings is 2.